The molecule has 4 fully saturated rings. The van der Waals surface area contributed by atoms with E-state index in [2.05, 4.69) is 179 Å². The van der Waals surface area contributed by atoms with Crippen LogP contribution >= 0.6 is 15.9 Å². The van der Waals surface area contributed by atoms with E-state index in [1.807, 2.05) is 119 Å². The number of carbonyl (C=O) groups is 2. The minimum atomic E-state index is -0.0443. The summed E-state index contributed by atoms with van der Waals surface area (Å²) in [4.78, 5) is 45.8. The van der Waals surface area contributed by atoms with Crippen molar-refractivity contribution in [2.24, 2.45) is 11.8 Å². The van der Waals surface area contributed by atoms with Crippen LogP contribution in [0.4, 0.5) is 21.0 Å². The van der Waals surface area contributed by atoms with Crippen LogP contribution in [-0.4, -0.2) is 211 Å². The second-order valence-corrected chi connectivity index (χ2v) is 25.5. The van der Waals surface area contributed by atoms with Crippen molar-refractivity contribution in [1.82, 2.24) is 39.2 Å². The molecule has 14 nitrogen and oxygen atoms in total. The summed E-state index contributed by atoms with van der Waals surface area (Å²) >= 11 is 3.59. The molecule has 4 aliphatic rings. The second-order valence-electron chi connectivity index (χ2n) is 24.6. The van der Waals surface area contributed by atoms with E-state index in [1.54, 1.807) is 14.2 Å². The number of hydrogen-bond acceptors (Lipinski definition) is 10. The highest BCUT2D eigenvalue weighted by molar-refractivity contribution is 9.10. The number of likely N-dealkylation sites (N-methyl/N-ethyl adjacent to an activating group) is 2. The van der Waals surface area contributed by atoms with Gasteiger partial charge in [0.25, 0.3) is 0 Å². The van der Waals surface area contributed by atoms with Crippen LogP contribution in [0.3, 0.4) is 0 Å². The second kappa shape index (κ2) is 32.2. The highest BCUT2D eigenvalue weighted by atomic mass is 79.9. The number of fused-ring (bicyclic) bond motifs is 2. The predicted molar refractivity (Wildman–Crippen MR) is 359 cm³/mol. The van der Waals surface area contributed by atoms with Gasteiger partial charge in [0.15, 0.2) is 0 Å². The number of halogens is 1. The lowest BCUT2D eigenvalue weighted by Crippen LogP contribution is -2.69. The molecule has 6 aromatic carbocycles. The number of amides is 4. The molecule has 0 aromatic heterocycles. The standard InChI is InChI=1S/C36H45N5O2.C28H40BrN5O2.C8H6/c1-38(2)23-29-21-22-41-33(25-39(3)4)35(30-15-13-28(14-16-30)12-11-27-9-7-6-8-10-27)34(41)26-40(24-29)36(42)37-31-17-19-32(43-5)20-18-31;1-31(2)16-20-14-15-34-25(18-32(3)4)27(21-6-8-22(29)9-7-21)26(34)19-33(17-20)28(35)30-23-10-12-24(36-5)13-11-23;1-2-8-6-4-3-5-7-8/h6-10,13-20,29,33-35H,21-26H2,1-5H3,(H,37,42);6-13,20,25-27H,14-19H2,1-5H3,(H,30,35);1,3-7H/t29?,33-,34+,35+;20?,25-,26+,27+;/m11./s1. The fraction of sp³-hybridized carbons (Fsp3) is 0.417. The van der Waals surface area contributed by atoms with E-state index >= 15 is 0 Å². The molecular weight excluding hydrogens is 1150 g/mol. The van der Waals surface area contributed by atoms with E-state index in [0.29, 0.717) is 48.3 Å². The van der Waals surface area contributed by atoms with Crippen LogP contribution in [0, 0.1) is 36.0 Å². The van der Waals surface area contributed by atoms with Crippen LogP contribution in [0.5, 0.6) is 11.5 Å². The topological polar surface area (TPSA) is 103 Å². The van der Waals surface area contributed by atoms with Gasteiger partial charge >= 0.3 is 12.1 Å². The van der Waals surface area contributed by atoms with E-state index in [1.165, 1.54) is 11.1 Å². The van der Waals surface area contributed by atoms with Gasteiger partial charge < -0.3 is 49.5 Å². The van der Waals surface area contributed by atoms with Gasteiger partial charge in [-0.05, 0) is 202 Å². The first-order chi connectivity index (χ1) is 42.0. The molecule has 6 aromatic rings. The number of terminal acetylenes is 1. The van der Waals surface area contributed by atoms with E-state index in [0.717, 1.165) is 116 Å². The van der Waals surface area contributed by atoms with Gasteiger partial charge in [-0.2, -0.15) is 0 Å². The van der Waals surface area contributed by atoms with Crippen molar-refractivity contribution in [2.75, 3.05) is 147 Å². The van der Waals surface area contributed by atoms with E-state index < -0.39 is 0 Å². The van der Waals surface area contributed by atoms with Crippen LogP contribution < -0.4 is 20.1 Å². The minimum Gasteiger partial charge on any atom is -0.497 e. The van der Waals surface area contributed by atoms with Gasteiger partial charge in [-0.3, -0.25) is 9.80 Å². The van der Waals surface area contributed by atoms with Gasteiger partial charge in [0.2, 0.25) is 0 Å². The maximum absolute atomic E-state index is 13.8. The molecule has 4 heterocycles. The molecular formula is C72H91BrN10O4. The average Bonchev–Trinajstić information content (AvgIpc) is 2.00. The van der Waals surface area contributed by atoms with Gasteiger partial charge in [-0.15, -0.1) is 6.42 Å². The number of hydrogen-bond donors (Lipinski definition) is 2. The summed E-state index contributed by atoms with van der Waals surface area (Å²) in [6.45, 7) is 8.94. The molecule has 0 aliphatic carbocycles. The molecule has 0 saturated carbocycles. The number of rotatable bonds is 14. The summed E-state index contributed by atoms with van der Waals surface area (Å²) in [7, 11) is 20.4. The zero-order valence-electron chi connectivity index (χ0n) is 52.8. The van der Waals surface area contributed by atoms with Gasteiger partial charge in [0.05, 0.1) is 14.2 Å². The molecule has 2 N–H and O–H groups in total. The minimum absolute atomic E-state index is 0.0311. The third kappa shape index (κ3) is 18.7. The Morgan fingerprint density at radius 2 is 0.862 bits per heavy atom. The van der Waals surface area contributed by atoms with Crippen molar-refractivity contribution >= 4 is 39.4 Å². The highest BCUT2D eigenvalue weighted by Gasteiger charge is 2.52. The number of benzene rings is 6. The van der Waals surface area contributed by atoms with Gasteiger partial charge in [-0.25, -0.2) is 9.59 Å². The van der Waals surface area contributed by atoms with Crippen LogP contribution in [0.15, 0.2) is 162 Å². The summed E-state index contributed by atoms with van der Waals surface area (Å²) < 4.78 is 11.7. The lowest BCUT2D eigenvalue weighted by Gasteiger charge is -2.58. The smallest absolute Gasteiger partial charge is 0.321 e. The van der Waals surface area contributed by atoms with Gasteiger partial charge in [0.1, 0.15) is 11.5 Å². The summed E-state index contributed by atoms with van der Waals surface area (Å²) in [5.41, 5.74) is 7.20. The zero-order valence-corrected chi connectivity index (χ0v) is 54.4. The average molecular weight is 1240 g/mol. The van der Waals surface area contributed by atoms with E-state index in [-0.39, 0.29) is 18.1 Å². The Balaban J connectivity index is 0.000000202. The third-order valence-electron chi connectivity index (χ3n) is 16.9. The Labute approximate surface area is 527 Å². The quantitative estimate of drug-likeness (QED) is 0.103. The highest BCUT2D eigenvalue weighted by Crippen LogP contribution is 2.45. The van der Waals surface area contributed by atoms with Crippen molar-refractivity contribution < 1.29 is 19.1 Å². The number of methoxy groups -OCH3 is 2. The Morgan fingerprint density at radius 1 is 0.494 bits per heavy atom. The molecule has 15 heteroatoms. The van der Waals surface area contributed by atoms with Crippen molar-refractivity contribution in [3.8, 4) is 35.7 Å². The van der Waals surface area contributed by atoms with Crippen molar-refractivity contribution in [3.05, 3.63) is 190 Å². The largest absolute Gasteiger partial charge is 0.497 e. The van der Waals surface area contributed by atoms with Crippen LogP contribution in [0.25, 0.3) is 0 Å². The first-order valence-corrected chi connectivity index (χ1v) is 31.2. The van der Waals surface area contributed by atoms with E-state index in [9.17, 15) is 9.59 Å². The van der Waals surface area contributed by atoms with Gasteiger partial charge in [-0.1, -0.05) is 94.4 Å². The molecule has 4 amide bonds. The molecule has 8 atom stereocenters. The normalized spacial score (nSPS) is 21.8. The van der Waals surface area contributed by atoms with Crippen molar-refractivity contribution in [1.29, 1.82) is 0 Å². The Bertz CT molecular complexity index is 3190. The lowest BCUT2D eigenvalue weighted by molar-refractivity contribution is -0.0520. The number of carbonyl (C=O) groups excluding carboxylic acids is 2. The fourth-order valence-electron chi connectivity index (χ4n) is 13.0. The maximum Gasteiger partial charge on any atom is 0.321 e. The summed E-state index contributed by atoms with van der Waals surface area (Å²) in [6.07, 6.45) is 7.24. The number of anilines is 2. The molecule has 2 unspecified atom stereocenters. The Morgan fingerprint density at radius 3 is 1.22 bits per heavy atom. The molecule has 460 valence electrons. The SMILES string of the molecule is C#Cc1ccccc1.COc1ccc(NC(=O)N2CC(CN(C)C)CCN3[C@H](CN(C)C)[C@H](c4ccc(Br)cc4)[C@@H]3C2)cc1.COc1ccc(NC(=O)N2CC(CN(C)C)CCN3[C@H](CN(C)C)[C@H](c4ccc(C#Cc5ccccc5)cc4)[C@@H]3C2)cc1. The lowest BCUT2D eigenvalue weighted by atomic mass is 9.73. The summed E-state index contributed by atoms with van der Waals surface area (Å²) in [6, 6.07) is 53.6. The van der Waals surface area contributed by atoms with Crippen LogP contribution in [-0.2, 0) is 0 Å². The fourth-order valence-corrected chi connectivity index (χ4v) is 13.2. The monoisotopic (exact) mass is 1240 g/mol. The zero-order chi connectivity index (χ0) is 62.0. The number of urea groups is 2. The first kappa shape index (κ1) is 65.8. The molecule has 4 aliphatic heterocycles. The maximum atomic E-state index is 13.8. The Hall–Kier alpha value is -7.18. The first-order valence-electron chi connectivity index (χ1n) is 30.4. The molecule has 87 heavy (non-hydrogen) atoms. The predicted octanol–water partition coefficient (Wildman–Crippen LogP) is 10.8. The molecule has 10 rings (SSSR count). The number of ether oxygens (including phenoxy) is 2. The molecule has 4 saturated heterocycles. The number of nitrogens with zero attached hydrogens (tertiary/aromatic N) is 8. The van der Waals surface area contributed by atoms with Crippen molar-refractivity contribution in [3.63, 3.8) is 0 Å². The van der Waals surface area contributed by atoms with Crippen molar-refractivity contribution in [2.45, 2.75) is 48.8 Å². The molecule has 0 bridgehead atoms. The van der Waals surface area contributed by atoms with Crippen LogP contribution in [0.2, 0.25) is 0 Å². The van der Waals surface area contributed by atoms with E-state index in [4.69, 9.17) is 15.9 Å². The summed E-state index contributed by atoms with van der Waals surface area (Å²) in [5, 5.41) is 6.29. The third-order valence-corrected chi connectivity index (χ3v) is 17.5. The number of nitrogens with one attached hydrogen (secondary N) is 2. The molecule has 0 spiro atoms. The van der Waals surface area contributed by atoms with Crippen LogP contribution in [0.1, 0.15) is 52.5 Å². The van der Waals surface area contributed by atoms with Gasteiger partial charge in [0, 0.05) is 121 Å². The Kier molecular flexibility index (Phi) is 24.3. The molecule has 0 radical (unpaired) electrons. The summed E-state index contributed by atoms with van der Waals surface area (Å²) in [5.74, 6) is 12.2.